The monoisotopic (exact) mass is 253 g/mol. The second-order valence-corrected chi connectivity index (χ2v) is 3.43. The second-order valence-electron chi connectivity index (χ2n) is 3.43. The summed E-state index contributed by atoms with van der Waals surface area (Å²) in [5, 5.41) is 19.9. The number of aliphatic carboxylic acids is 2. The molecule has 96 valence electrons. The van der Waals surface area contributed by atoms with Gasteiger partial charge in [-0.25, -0.2) is 4.79 Å². The number of carbonyl (C=O) groups excluding carboxylic acids is 1. The van der Waals surface area contributed by atoms with E-state index >= 15 is 0 Å². The van der Waals surface area contributed by atoms with Gasteiger partial charge in [0.25, 0.3) is 5.91 Å². The summed E-state index contributed by atoms with van der Waals surface area (Å²) >= 11 is 0. The standard InChI is InChI=1S/C10H11N3O5/c11-9(16)6-3-5(1-2-12-6)13-7(10(17)18)4-8(14)15/h1-3,7H,4H2,(H2,11,16)(H,12,13)(H,14,15)(H,17,18). The minimum Gasteiger partial charge on any atom is -0.481 e. The third kappa shape index (κ3) is 3.74. The molecule has 0 bridgehead atoms. The number of carbonyl (C=O) groups is 3. The van der Waals surface area contributed by atoms with Crippen molar-refractivity contribution in [3.05, 3.63) is 24.0 Å². The van der Waals surface area contributed by atoms with E-state index in [0.29, 0.717) is 0 Å². The predicted molar refractivity (Wildman–Crippen MR) is 60.1 cm³/mol. The van der Waals surface area contributed by atoms with Crippen molar-refractivity contribution in [3.8, 4) is 0 Å². The zero-order chi connectivity index (χ0) is 13.7. The Balaban J connectivity index is 2.86. The van der Waals surface area contributed by atoms with Gasteiger partial charge < -0.3 is 21.3 Å². The maximum absolute atomic E-state index is 10.9. The van der Waals surface area contributed by atoms with E-state index in [2.05, 4.69) is 10.3 Å². The van der Waals surface area contributed by atoms with Crippen molar-refractivity contribution >= 4 is 23.5 Å². The molecule has 5 N–H and O–H groups in total. The number of nitrogens with two attached hydrogens (primary N) is 1. The molecule has 1 unspecified atom stereocenters. The summed E-state index contributed by atoms with van der Waals surface area (Å²) < 4.78 is 0. The molecule has 0 aliphatic rings. The van der Waals surface area contributed by atoms with Gasteiger partial charge in [-0.2, -0.15) is 0 Å². The van der Waals surface area contributed by atoms with E-state index in [1.807, 2.05) is 0 Å². The van der Waals surface area contributed by atoms with Gasteiger partial charge in [0, 0.05) is 11.9 Å². The third-order valence-electron chi connectivity index (χ3n) is 2.03. The second kappa shape index (κ2) is 5.62. The van der Waals surface area contributed by atoms with E-state index in [1.165, 1.54) is 18.3 Å². The van der Waals surface area contributed by atoms with Crippen LogP contribution in [0.2, 0.25) is 0 Å². The fourth-order valence-electron chi connectivity index (χ4n) is 1.23. The molecule has 1 amide bonds. The number of hydrogen-bond donors (Lipinski definition) is 4. The Bertz CT molecular complexity index is 488. The van der Waals surface area contributed by atoms with Crippen LogP contribution in [-0.4, -0.2) is 39.1 Å². The minimum absolute atomic E-state index is 0.0422. The van der Waals surface area contributed by atoms with E-state index in [4.69, 9.17) is 15.9 Å². The Kier molecular flexibility index (Phi) is 4.19. The molecule has 1 aromatic heterocycles. The molecule has 0 spiro atoms. The smallest absolute Gasteiger partial charge is 0.326 e. The van der Waals surface area contributed by atoms with Gasteiger partial charge in [0.15, 0.2) is 0 Å². The number of carboxylic acid groups (broad SMARTS) is 2. The van der Waals surface area contributed by atoms with E-state index in [-0.39, 0.29) is 11.4 Å². The molecular formula is C10H11N3O5. The minimum atomic E-state index is -1.31. The number of aromatic nitrogens is 1. The highest BCUT2D eigenvalue weighted by Gasteiger charge is 2.20. The topological polar surface area (TPSA) is 143 Å². The molecule has 0 aliphatic heterocycles. The summed E-state index contributed by atoms with van der Waals surface area (Å²) in [6, 6.07) is 1.36. The number of pyridine rings is 1. The van der Waals surface area contributed by atoms with Crippen molar-refractivity contribution in [2.24, 2.45) is 5.73 Å². The summed E-state index contributed by atoms with van der Waals surface area (Å²) in [5.74, 6) is -3.32. The zero-order valence-electron chi connectivity index (χ0n) is 9.16. The summed E-state index contributed by atoms with van der Waals surface area (Å²) in [4.78, 5) is 35.9. The van der Waals surface area contributed by atoms with Crippen molar-refractivity contribution in [1.29, 1.82) is 0 Å². The van der Waals surface area contributed by atoms with Crippen molar-refractivity contribution in [1.82, 2.24) is 4.98 Å². The number of nitrogens with one attached hydrogen (secondary N) is 1. The van der Waals surface area contributed by atoms with Gasteiger partial charge in [-0.1, -0.05) is 0 Å². The molecule has 0 saturated heterocycles. The summed E-state index contributed by atoms with van der Waals surface area (Å²) in [7, 11) is 0. The molecule has 0 fully saturated rings. The first-order valence-corrected chi connectivity index (χ1v) is 4.87. The first-order chi connectivity index (χ1) is 8.40. The SMILES string of the molecule is NC(=O)c1cc(NC(CC(=O)O)C(=O)O)ccn1. The van der Waals surface area contributed by atoms with E-state index in [0.717, 1.165) is 0 Å². The van der Waals surface area contributed by atoms with Crippen LogP contribution >= 0.6 is 0 Å². The molecular weight excluding hydrogens is 242 g/mol. The fraction of sp³-hybridized carbons (Fsp3) is 0.200. The van der Waals surface area contributed by atoms with Crippen LogP contribution in [0.4, 0.5) is 5.69 Å². The number of carboxylic acids is 2. The molecule has 1 atom stereocenters. The van der Waals surface area contributed by atoms with Crippen LogP contribution in [0.3, 0.4) is 0 Å². The van der Waals surface area contributed by atoms with E-state index < -0.39 is 30.3 Å². The summed E-state index contributed by atoms with van der Waals surface area (Å²) in [5.41, 5.74) is 5.23. The molecule has 1 aromatic rings. The van der Waals surface area contributed by atoms with Gasteiger partial charge >= 0.3 is 11.9 Å². The molecule has 1 rings (SSSR count). The maximum atomic E-state index is 10.9. The first kappa shape index (κ1) is 13.4. The molecule has 0 saturated carbocycles. The number of nitrogens with zero attached hydrogens (tertiary/aromatic N) is 1. The van der Waals surface area contributed by atoms with Gasteiger partial charge in [0.1, 0.15) is 11.7 Å². The highest BCUT2D eigenvalue weighted by Crippen LogP contribution is 2.11. The van der Waals surface area contributed by atoms with Gasteiger partial charge in [-0.3, -0.25) is 14.6 Å². The predicted octanol–water partition coefficient (Wildman–Crippen LogP) is -0.480. The van der Waals surface area contributed by atoms with Crippen molar-refractivity contribution in [3.63, 3.8) is 0 Å². The lowest BCUT2D eigenvalue weighted by atomic mass is 10.2. The van der Waals surface area contributed by atoms with Crippen LogP contribution in [0.1, 0.15) is 16.9 Å². The molecule has 0 aromatic carbocycles. The molecule has 18 heavy (non-hydrogen) atoms. The average Bonchev–Trinajstić information content (AvgIpc) is 2.27. The number of rotatable bonds is 6. The lowest BCUT2D eigenvalue weighted by Gasteiger charge is -2.13. The van der Waals surface area contributed by atoms with Crippen LogP contribution in [0.25, 0.3) is 0 Å². The number of primary amides is 1. The molecule has 8 nitrogen and oxygen atoms in total. The first-order valence-electron chi connectivity index (χ1n) is 4.87. The van der Waals surface area contributed by atoms with Gasteiger partial charge in [-0.15, -0.1) is 0 Å². The molecule has 0 radical (unpaired) electrons. The highest BCUT2D eigenvalue weighted by atomic mass is 16.4. The number of hydrogen-bond acceptors (Lipinski definition) is 5. The summed E-state index contributed by atoms with van der Waals surface area (Å²) in [6.45, 7) is 0. The molecule has 1 heterocycles. The van der Waals surface area contributed by atoms with Crippen LogP contribution < -0.4 is 11.1 Å². The van der Waals surface area contributed by atoms with Crippen LogP contribution in [0, 0.1) is 0 Å². The van der Waals surface area contributed by atoms with Gasteiger partial charge in [-0.05, 0) is 12.1 Å². The van der Waals surface area contributed by atoms with Crippen molar-refractivity contribution in [2.45, 2.75) is 12.5 Å². The van der Waals surface area contributed by atoms with Crippen molar-refractivity contribution < 1.29 is 24.6 Å². The quantitative estimate of drug-likeness (QED) is 0.536. The lowest BCUT2D eigenvalue weighted by molar-refractivity contribution is -0.144. The maximum Gasteiger partial charge on any atom is 0.326 e. The highest BCUT2D eigenvalue weighted by molar-refractivity contribution is 5.92. The third-order valence-corrected chi connectivity index (χ3v) is 2.03. The Morgan fingerprint density at radius 1 is 1.39 bits per heavy atom. The van der Waals surface area contributed by atoms with Crippen molar-refractivity contribution in [2.75, 3.05) is 5.32 Å². The van der Waals surface area contributed by atoms with Crippen LogP contribution in [0.15, 0.2) is 18.3 Å². The average molecular weight is 253 g/mol. The van der Waals surface area contributed by atoms with Gasteiger partial charge in [0.05, 0.1) is 6.42 Å². The van der Waals surface area contributed by atoms with E-state index in [9.17, 15) is 14.4 Å². The summed E-state index contributed by atoms with van der Waals surface area (Å²) in [6.07, 6.45) is 0.672. The Labute approximate surface area is 101 Å². The lowest BCUT2D eigenvalue weighted by Crippen LogP contribution is -2.31. The Morgan fingerprint density at radius 2 is 2.06 bits per heavy atom. The normalized spacial score (nSPS) is 11.6. The Morgan fingerprint density at radius 3 is 2.56 bits per heavy atom. The number of anilines is 1. The number of amides is 1. The largest absolute Gasteiger partial charge is 0.481 e. The fourth-order valence-corrected chi connectivity index (χ4v) is 1.23. The molecule has 0 aliphatic carbocycles. The zero-order valence-corrected chi connectivity index (χ0v) is 9.16. The molecule has 8 heteroatoms. The van der Waals surface area contributed by atoms with E-state index in [1.54, 1.807) is 0 Å². The van der Waals surface area contributed by atoms with Crippen LogP contribution in [-0.2, 0) is 9.59 Å². The van der Waals surface area contributed by atoms with Crippen LogP contribution in [0.5, 0.6) is 0 Å². The Hall–Kier alpha value is -2.64. The van der Waals surface area contributed by atoms with Gasteiger partial charge in [0.2, 0.25) is 0 Å².